The lowest BCUT2D eigenvalue weighted by atomic mass is 9.87. The van der Waals surface area contributed by atoms with Gasteiger partial charge in [-0.2, -0.15) is 4.98 Å². The summed E-state index contributed by atoms with van der Waals surface area (Å²) in [7, 11) is 1.66. The van der Waals surface area contributed by atoms with Crippen LogP contribution in [0.1, 0.15) is 47.7 Å². The molecule has 1 aromatic heterocycles. The zero-order valence-corrected chi connectivity index (χ0v) is 22.5. The monoisotopic (exact) mass is 531 g/mol. The average Bonchev–Trinajstić information content (AvgIpc) is 3.62. The van der Waals surface area contributed by atoms with Crippen LogP contribution in [0.2, 0.25) is 0 Å². The number of nitrogens with zero attached hydrogens (tertiary/aromatic N) is 3. The molecule has 1 saturated heterocycles. The Labute approximate surface area is 227 Å². The van der Waals surface area contributed by atoms with E-state index in [1.54, 1.807) is 14.0 Å². The number of amides is 3. The maximum atomic E-state index is 13.2. The first-order chi connectivity index (χ1) is 18.8. The van der Waals surface area contributed by atoms with Crippen molar-refractivity contribution < 1.29 is 23.6 Å². The first-order valence-corrected chi connectivity index (χ1v) is 13.3. The van der Waals surface area contributed by atoms with Crippen molar-refractivity contribution in [1.29, 1.82) is 0 Å². The molecule has 1 saturated carbocycles. The first-order valence-electron chi connectivity index (χ1n) is 13.3. The zero-order chi connectivity index (χ0) is 27.1. The molecule has 10 nitrogen and oxygen atoms in total. The van der Waals surface area contributed by atoms with Crippen LogP contribution in [0.3, 0.4) is 0 Å². The Morgan fingerprint density at radius 1 is 1.21 bits per heavy atom. The molecule has 0 spiro atoms. The van der Waals surface area contributed by atoms with Crippen LogP contribution >= 0.6 is 0 Å². The fourth-order valence-electron chi connectivity index (χ4n) is 5.49. The quantitative estimate of drug-likeness (QED) is 0.480. The van der Waals surface area contributed by atoms with Crippen LogP contribution < -0.4 is 15.4 Å². The maximum absolute atomic E-state index is 13.2. The van der Waals surface area contributed by atoms with Gasteiger partial charge in [-0.25, -0.2) is 4.79 Å². The van der Waals surface area contributed by atoms with Gasteiger partial charge in [-0.3, -0.25) is 4.79 Å². The average molecular weight is 532 g/mol. The Balaban J connectivity index is 1.23. The van der Waals surface area contributed by atoms with Gasteiger partial charge in [0.1, 0.15) is 5.75 Å². The number of carbonyl (C=O) groups excluding carboxylic acids is 2. The van der Waals surface area contributed by atoms with Gasteiger partial charge in [0.25, 0.3) is 0 Å². The third-order valence-electron chi connectivity index (χ3n) is 7.87. The van der Waals surface area contributed by atoms with Crippen LogP contribution in [0.15, 0.2) is 40.9 Å². The van der Waals surface area contributed by atoms with Gasteiger partial charge in [0.05, 0.1) is 37.7 Å². The normalized spacial score (nSPS) is 20.9. The molecule has 2 aromatic carbocycles. The lowest BCUT2D eigenvalue weighted by Crippen LogP contribution is -2.62. The highest BCUT2D eigenvalue weighted by molar-refractivity contribution is 5.83. The van der Waals surface area contributed by atoms with Gasteiger partial charge in [0, 0.05) is 19.6 Å². The molecule has 6 rings (SSSR count). The van der Waals surface area contributed by atoms with Crippen molar-refractivity contribution in [3.05, 3.63) is 64.8 Å². The Morgan fingerprint density at radius 2 is 2.05 bits per heavy atom. The second-order valence-electron chi connectivity index (χ2n) is 11.0. The SMILES string of the molecule is COc1cccc(-c2ccc(CNC(=O)C3CC3c3nc(C)no3)c3c2CCN(C(=O)NC2(C)COC2)C3)c1. The van der Waals surface area contributed by atoms with Crippen LogP contribution in [0.4, 0.5) is 4.79 Å². The van der Waals surface area contributed by atoms with Crippen molar-refractivity contribution in [3.63, 3.8) is 0 Å². The van der Waals surface area contributed by atoms with Crippen LogP contribution in [0, 0.1) is 12.8 Å². The molecular formula is C29H33N5O5. The predicted octanol–water partition coefficient (Wildman–Crippen LogP) is 3.33. The lowest BCUT2D eigenvalue weighted by Gasteiger charge is -2.41. The summed E-state index contributed by atoms with van der Waals surface area (Å²) in [5.74, 6) is 1.69. The molecule has 0 radical (unpaired) electrons. The summed E-state index contributed by atoms with van der Waals surface area (Å²) in [5.41, 5.74) is 5.14. The number of hydrogen-bond acceptors (Lipinski definition) is 7. The second kappa shape index (κ2) is 10.00. The molecule has 2 aliphatic heterocycles. The maximum Gasteiger partial charge on any atom is 0.318 e. The van der Waals surface area contributed by atoms with Crippen molar-refractivity contribution in [2.45, 2.75) is 51.2 Å². The summed E-state index contributed by atoms with van der Waals surface area (Å²) in [5, 5.41) is 10.1. The number of ether oxygens (including phenoxy) is 2. The van der Waals surface area contributed by atoms with E-state index in [0.717, 1.165) is 28.0 Å². The molecule has 2 unspecified atom stereocenters. The smallest absolute Gasteiger partial charge is 0.318 e. The molecule has 1 aliphatic carbocycles. The molecule has 2 N–H and O–H groups in total. The standard InChI is InChI=1S/C29H33N5O5/c1-17-31-27(39-33-17)24-12-23(24)26(35)30-13-19-7-8-21(18-5-4-6-20(11-18)37-3)22-9-10-34(14-25(19)22)28(36)32-29(2)15-38-16-29/h4-8,11,23-24H,9-10,12-16H2,1-3H3,(H,30,35)(H,32,36). The van der Waals surface area contributed by atoms with Gasteiger partial charge in [-0.1, -0.05) is 29.4 Å². The molecule has 39 heavy (non-hydrogen) atoms. The Bertz CT molecular complexity index is 1410. The van der Waals surface area contributed by atoms with Crippen molar-refractivity contribution in [2.75, 3.05) is 26.9 Å². The molecule has 3 heterocycles. The molecule has 0 bridgehead atoms. The minimum atomic E-state index is -0.325. The Kier molecular flexibility index (Phi) is 6.50. The van der Waals surface area contributed by atoms with E-state index >= 15 is 0 Å². The predicted molar refractivity (Wildman–Crippen MR) is 142 cm³/mol. The summed E-state index contributed by atoms with van der Waals surface area (Å²) in [6, 6.07) is 12.1. The molecule has 10 heteroatoms. The molecule has 2 atom stereocenters. The molecule has 2 fully saturated rings. The molecule has 204 valence electrons. The van der Waals surface area contributed by atoms with Gasteiger partial charge in [0.15, 0.2) is 5.82 Å². The van der Waals surface area contributed by atoms with Crippen LogP contribution in [-0.2, 0) is 29.0 Å². The minimum Gasteiger partial charge on any atom is -0.497 e. The number of aromatic nitrogens is 2. The van der Waals surface area contributed by atoms with E-state index in [2.05, 4.69) is 39.0 Å². The number of methoxy groups -OCH3 is 1. The number of urea groups is 1. The Hall–Kier alpha value is -3.92. The zero-order valence-electron chi connectivity index (χ0n) is 22.5. The number of benzene rings is 2. The Morgan fingerprint density at radius 3 is 2.77 bits per heavy atom. The minimum absolute atomic E-state index is 0.0217. The van der Waals surface area contributed by atoms with Crippen LogP contribution in [0.25, 0.3) is 11.1 Å². The van der Waals surface area contributed by atoms with E-state index in [-0.39, 0.29) is 29.3 Å². The summed E-state index contributed by atoms with van der Waals surface area (Å²) in [6.45, 7) is 6.26. The number of hydrogen-bond donors (Lipinski definition) is 2. The van der Waals surface area contributed by atoms with Crippen molar-refractivity contribution in [3.8, 4) is 16.9 Å². The van der Waals surface area contributed by atoms with E-state index in [1.165, 1.54) is 5.56 Å². The summed E-state index contributed by atoms with van der Waals surface area (Å²) >= 11 is 0. The second-order valence-corrected chi connectivity index (χ2v) is 11.0. The summed E-state index contributed by atoms with van der Waals surface area (Å²) < 4.78 is 16.0. The summed E-state index contributed by atoms with van der Waals surface area (Å²) in [6.07, 6.45) is 1.42. The molecule has 3 amide bonds. The highest BCUT2D eigenvalue weighted by atomic mass is 16.5. The van der Waals surface area contributed by atoms with Crippen molar-refractivity contribution in [2.24, 2.45) is 5.92 Å². The number of fused-ring (bicyclic) bond motifs is 1. The van der Waals surface area contributed by atoms with E-state index in [9.17, 15) is 9.59 Å². The fourth-order valence-corrected chi connectivity index (χ4v) is 5.49. The van der Waals surface area contributed by atoms with E-state index in [0.29, 0.717) is 57.4 Å². The van der Waals surface area contributed by atoms with E-state index in [4.69, 9.17) is 14.0 Å². The third-order valence-corrected chi connectivity index (χ3v) is 7.87. The molecule has 3 aliphatic rings. The van der Waals surface area contributed by atoms with Crippen molar-refractivity contribution in [1.82, 2.24) is 25.7 Å². The summed E-state index contributed by atoms with van der Waals surface area (Å²) in [4.78, 5) is 32.2. The van der Waals surface area contributed by atoms with Gasteiger partial charge in [-0.05, 0) is 66.6 Å². The fraction of sp³-hybridized carbons (Fsp3) is 0.448. The highest BCUT2D eigenvalue weighted by Gasteiger charge is 2.47. The topological polar surface area (TPSA) is 119 Å². The van der Waals surface area contributed by atoms with E-state index < -0.39 is 0 Å². The molecule has 3 aromatic rings. The lowest BCUT2D eigenvalue weighted by molar-refractivity contribution is -0.122. The number of carbonyl (C=O) groups is 2. The van der Waals surface area contributed by atoms with Crippen LogP contribution in [0.5, 0.6) is 5.75 Å². The first kappa shape index (κ1) is 25.4. The van der Waals surface area contributed by atoms with E-state index in [1.807, 2.05) is 30.0 Å². The number of nitrogens with one attached hydrogen (secondary N) is 2. The van der Waals surface area contributed by atoms with Crippen LogP contribution in [-0.4, -0.2) is 59.4 Å². The van der Waals surface area contributed by atoms with Gasteiger partial charge in [-0.15, -0.1) is 0 Å². The number of aryl methyl sites for hydroxylation is 1. The van der Waals surface area contributed by atoms with Crippen molar-refractivity contribution >= 4 is 11.9 Å². The van der Waals surface area contributed by atoms with Gasteiger partial charge < -0.3 is 29.5 Å². The highest BCUT2D eigenvalue weighted by Crippen LogP contribution is 2.47. The number of rotatable bonds is 7. The molecular weight excluding hydrogens is 498 g/mol. The largest absolute Gasteiger partial charge is 0.497 e. The third kappa shape index (κ3) is 5.08. The van der Waals surface area contributed by atoms with Gasteiger partial charge in [0.2, 0.25) is 11.8 Å². The van der Waals surface area contributed by atoms with Gasteiger partial charge >= 0.3 is 6.03 Å².